The van der Waals surface area contributed by atoms with Crippen LogP contribution in [0.25, 0.3) is 0 Å². The first kappa shape index (κ1) is 16.0. The number of rotatable bonds is 5. The van der Waals surface area contributed by atoms with Gasteiger partial charge in [-0.2, -0.15) is 0 Å². The minimum atomic E-state index is -0.222. The fraction of sp³-hybridized carbons (Fsp3) is 0.294. The zero-order valence-corrected chi connectivity index (χ0v) is 14.0. The second-order valence-corrected chi connectivity index (χ2v) is 6.22. The first-order valence-electron chi connectivity index (χ1n) is 6.91. The summed E-state index contributed by atoms with van der Waals surface area (Å²) in [5.74, 6) is 1.19. The summed E-state index contributed by atoms with van der Waals surface area (Å²) in [6.07, 6.45) is 0. The van der Waals surface area contributed by atoms with Crippen molar-refractivity contribution in [3.63, 3.8) is 0 Å². The standard InChI is InChI=1S/C17H19BrFNO/c1-11(2)20-10-13-9-14(18)4-7-17(13)21-15-5-6-16(19)12(3)8-15/h4-9,11,20H,10H2,1-3H3. The van der Waals surface area contributed by atoms with Gasteiger partial charge in [-0.15, -0.1) is 0 Å². The van der Waals surface area contributed by atoms with Crippen molar-refractivity contribution in [1.29, 1.82) is 0 Å². The Balaban J connectivity index is 2.23. The van der Waals surface area contributed by atoms with Gasteiger partial charge >= 0.3 is 0 Å². The molecule has 0 fully saturated rings. The summed E-state index contributed by atoms with van der Waals surface area (Å²) in [6, 6.07) is 11.0. The molecule has 21 heavy (non-hydrogen) atoms. The Morgan fingerprint density at radius 1 is 1.19 bits per heavy atom. The molecule has 0 aliphatic rings. The number of halogens is 2. The van der Waals surface area contributed by atoms with Crippen LogP contribution in [0.5, 0.6) is 11.5 Å². The van der Waals surface area contributed by atoms with Crippen LogP contribution in [0.1, 0.15) is 25.0 Å². The Hall–Kier alpha value is -1.39. The van der Waals surface area contributed by atoms with E-state index < -0.39 is 0 Å². The van der Waals surface area contributed by atoms with Crippen LogP contribution >= 0.6 is 15.9 Å². The van der Waals surface area contributed by atoms with Gasteiger partial charge in [0.25, 0.3) is 0 Å². The second-order valence-electron chi connectivity index (χ2n) is 5.30. The lowest BCUT2D eigenvalue weighted by Gasteiger charge is -2.14. The molecule has 0 saturated carbocycles. The molecule has 0 amide bonds. The van der Waals surface area contributed by atoms with Gasteiger partial charge in [0.05, 0.1) is 0 Å². The summed E-state index contributed by atoms with van der Waals surface area (Å²) >= 11 is 3.48. The molecule has 0 aromatic heterocycles. The number of aryl methyl sites for hydroxylation is 1. The van der Waals surface area contributed by atoms with Crippen LogP contribution < -0.4 is 10.1 Å². The van der Waals surface area contributed by atoms with Gasteiger partial charge in [0.1, 0.15) is 17.3 Å². The predicted molar refractivity (Wildman–Crippen MR) is 87.3 cm³/mol. The zero-order chi connectivity index (χ0) is 15.4. The molecule has 2 rings (SSSR count). The number of hydrogen-bond acceptors (Lipinski definition) is 2. The van der Waals surface area contributed by atoms with Crippen molar-refractivity contribution in [3.05, 3.63) is 57.8 Å². The summed E-state index contributed by atoms with van der Waals surface area (Å²) < 4.78 is 20.2. The molecular formula is C17H19BrFNO. The third-order valence-corrected chi connectivity index (χ3v) is 3.57. The van der Waals surface area contributed by atoms with E-state index in [2.05, 4.69) is 35.1 Å². The number of benzene rings is 2. The Kier molecular flexibility index (Phi) is 5.37. The van der Waals surface area contributed by atoms with E-state index in [-0.39, 0.29) is 5.82 Å². The number of ether oxygens (including phenoxy) is 1. The summed E-state index contributed by atoms with van der Waals surface area (Å²) in [6.45, 7) is 6.64. The lowest BCUT2D eigenvalue weighted by molar-refractivity contribution is 0.467. The SMILES string of the molecule is Cc1cc(Oc2ccc(Br)cc2CNC(C)C)ccc1F. The first-order valence-corrected chi connectivity index (χ1v) is 7.71. The van der Waals surface area contributed by atoms with Crippen LogP contribution in [0.3, 0.4) is 0 Å². The molecule has 0 spiro atoms. The monoisotopic (exact) mass is 351 g/mol. The second kappa shape index (κ2) is 7.05. The molecule has 0 aliphatic carbocycles. The smallest absolute Gasteiger partial charge is 0.131 e. The molecule has 0 unspecified atom stereocenters. The van der Waals surface area contributed by atoms with Gasteiger partial charge in [-0.05, 0) is 48.9 Å². The third kappa shape index (κ3) is 4.55. The fourth-order valence-electron chi connectivity index (χ4n) is 1.91. The summed E-state index contributed by atoms with van der Waals surface area (Å²) in [5, 5.41) is 3.37. The molecule has 2 aromatic carbocycles. The number of hydrogen-bond donors (Lipinski definition) is 1. The maximum absolute atomic E-state index is 13.3. The minimum absolute atomic E-state index is 0.222. The summed E-state index contributed by atoms with van der Waals surface area (Å²) in [5.41, 5.74) is 1.63. The summed E-state index contributed by atoms with van der Waals surface area (Å²) in [4.78, 5) is 0. The van der Waals surface area contributed by atoms with Crippen LogP contribution in [-0.2, 0) is 6.54 Å². The summed E-state index contributed by atoms with van der Waals surface area (Å²) in [7, 11) is 0. The number of nitrogens with one attached hydrogen (secondary N) is 1. The largest absolute Gasteiger partial charge is 0.457 e. The topological polar surface area (TPSA) is 21.3 Å². The average Bonchev–Trinajstić information content (AvgIpc) is 2.43. The molecule has 2 nitrogen and oxygen atoms in total. The van der Waals surface area contributed by atoms with Gasteiger partial charge in [-0.25, -0.2) is 4.39 Å². The van der Waals surface area contributed by atoms with Crippen LogP contribution in [0.15, 0.2) is 40.9 Å². The van der Waals surface area contributed by atoms with E-state index in [4.69, 9.17) is 4.74 Å². The van der Waals surface area contributed by atoms with E-state index >= 15 is 0 Å². The van der Waals surface area contributed by atoms with Crippen LogP contribution in [0.2, 0.25) is 0 Å². The van der Waals surface area contributed by atoms with Crippen molar-refractivity contribution in [2.75, 3.05) is 0 Å². The minimum Gasteiger partial charge on any atom is -0.457 e. The van der Waals surface area contributed by atoms with Crippen molar-refractivity contribution in [3.8, 4) is 11.5 Å². The van der Waals surface area contributed by atoms with Crippen molar-refractivity contribution < 1.29 is 9.13 Å². The molecule has 0 aliphatic heterocycles. The van der Waals surface area contributed by atoms with Crippen molar-refractivity contribution >= 4 is 15.9 Å². The molecule has 2 aromatic rings. The molecule has 112 valence electrons. The van der Waals surface area contributed by atoms with Gasteiger partial charge in [-0.3, -0.25) is 0 Å². The highest BCUT2D eigenvalue weighted by molar-refractivity contribution is 9.10. The third-order valence-electron chi connectivity index (χ3n) is 3.08. The van der Waals surface area contributed by atoms with Gasteiger partial charge < -0.3 is 10.1 Å². The van der Waals surface area contributed by atoms with E-state index in [1.807, 2.05) is 18.2 Å². The maximum atomic E-state index is 13.3. The average molecular weight is 352 g/mol. The van der Waals surface area contributed by atoms with Crippen molar-refractivity contribution in [1.82, 2.24) is 5.32 Å². The molecule has 0 heterocycles. The highest BCUT2D eigenvalue weighted by Gasteiger charge is 2.08. The van der Waals surface area contributed by atoms with Crippen molar-refractivity contribution in [2.24, 2.45) is 0 Å². The predicted octanol–water partition coefficient (Wildman–Crippen LogP) is 5.19. The van der Waals surface area contributed by atoms with Crippen LogP contribution in [-0.4, -0.2) is 6.04 Å². The van der Waals surface area contributed by atoms with E-state index in [9.17, 15) is 4.39 Å². The van der Waals surface area contributed by atoms with Gasteiger partial charge in [0.2, 0.25) is 0 Å². The molecule has 0 atom stereocenters. The Bertz CT molecular complexity index is 628. The van der Waals surface area contributed by atoms with E-state index in [1.165, 1.54) is 6.07 Å². The lowest BCUT2D eigenvalue weighted by Crippen LogP contribution is -2.22. The van der Waals surface area contributed by atoms with Gasteiger partial charge in [-0.1, -0.05) is 29.8 Å². The molecule has 4 heteroatoms. The maximum Gasteiger partial charge on any atom is 0.131 e. The first-order chi connectivity index (χ1) is 9.95. The zero-order valence-electron chi connectivity index (χ0n) is 12.4. The van der Waals surface area contributed by atoms with Gasteiger partial charge in [0.15, 0.2) is 0 Å². The van der Waals surface area contributed by atoms with Crippen LogP contribution in [0, 0.1) is 12.7 Å². The molecule has 1 N–H and O–H groups in total. The highest BCUT2D eigenvalue weighted by Crippen LogP contribution is 2.29. The van der Waals surface area contributed by atoms with E-state index in [0.717, 1.165) is 15.8 Å². The highest BCUT2D eigenvalue weighted by atomic mass is 79.9. The fourth-order valence-corrected chi connectivity index (χ4v) is 2.32. The van der Waals surface area contributed by atoms with Crippen molar-refractivity contribution in [2.45, 2.75) is 33.4 Å². The molecule has 0 saturated heterocycles. The Morgan fingerprint density at radius 3 is 2.62 bits per heavy atom. The molecular weight excluding hydrogens is 333 g/mol. The molecule has 0 radical (unpaired) electrons. The molecule has 0 bridgehead atoms. The van der Waals surface area contributed by atoms with E-state index in [0.29, 0.717) is 23.9 Å². The Labute approximate surface area is 133 Å². The van der Waals surface area contributed by atoms with Gasteiger partial charge in [0, 0.05) is 22.6 Å². The Morgan fingerprint density at radius 2 is 1.95 bits per heavy atom. The lowest BCUT2D eigenvalue weighted by atomic mass is 10.2. The van der Waals surface area contributed by atoms with Crippen LogP contribution in [0.4, 0.5) is 4.39 Å². The quantitative estimate of drug-likeness (QED) is 0.800. The normalized spacial score (nSPS) is 11.0. The van der Waals surface area contributed by atoms with E-state index in [1.54, 1.807) is 19.1 Å².